The monoisotopic (exact) mass is 404 g/mol. The Kier molecular flexibility index (Phi) is 4.91. The number of nitrogens with zero attached hydrogens (tertiary/aromatic N) is 2. The smallest absolute Gasteiger partial charge is 0.265 e. The maximum atomic E-state index is 13.5. The van der Waals surface area contributed by atoms with Gasteiger partial charge in [-0.1, -0.05) is 30.3 Å². The number of piperidine rings is 1. The third-order valence-corrected chi connectivity index (χ3v) is 5.87. The summed E-state index contributed by atoms with van der Waals surface area (Å²) in [6.45, 7) is 1.92. The largest absolute Gasteiger partial charge is 0.488 e. The molecule has 0 radical (unpaired) electrons. The number of benzene rings is 2. The topological polar surface area (TPSA) is 59.1 Å². The molecule has 2 aromatic rings. The maximum absolute atomic E-state index is 13.5. The van der Waals surface area contributed by atoms with Gasteiger partial charge in [0.2, 0.25) is 0 Å². The van der Waals surface area contributed by atoms with Crippen molar-refractivity contribution in [2.24, 2.45) is 0 Å². The van der Waals surface area contributed by atoms with E-state index in [1.807, 2.05) is 59.5 Å². The van der Waals surface area contributed by atoms with Crippen LogP contribution in [0.3, 0.4) is 0 Å². The van der Waals surface area contributed by atoms with Crippen LogP contribution in [0.1, 0.15) is 24.8 Å². The van der Waals surface area contributed by atoms with Crippen LogP contribution in [0.4, 0.5) is 5.69 Å². The van der Waals surface area contributed by atoms with Gasteiger partial charge in [-0.05, 0) is 43.5 Å². The summed E-state index contributed by atoms with van der Waals surface area (Å²) in [7, 11) is 0. The van der Waals surface area contributed by atoms with Crippen LogP contribution in [0.25, 0.3) is 6.08 Å². The molecule has 0 aromatic heterocycles. The van der Waals surface area contributed by atoms with Crippen molar-refractivity contribution in [1.82, 2.24) is 4.90 Å². The Balaban J connectivity index is 1.44. The fourth-order valence-electron chi connectivity index (χ4n) is 4.29. The van der Waals surface area contributed by atoms with Gasteiger partial charge in [-0.2, -0.15) is 0 Å². The fraction of sp³-hybridized carbons (Fsp3) is 0.333. The lowest BCUT2D eigenvalue weighted by Gasteiger charge is -2.37. The van der Waals surface area contributed by atoms with Gasteiger partial charge in [0.1, 0.15) is 18.1 Å². The number of anilines is 1. The van der Waals surface area contributed by atoms with Gasteiger partial charge in [-0.25, -0.2) is 0 Å². The van der Waals surface area contributed by atoms with Crippen LogP contribution in [0, 0.1) is 0 Å². The van der Waals surface area contributed by atoms with E-state index >= 15 is 0 Å². The molecule has 5 rings (SSSR count). The third kappa shape index (κ3) is 3.43. The molecular formula is C24H24N2O4. The highest BCUT2D eigenvalue weighted by atomic mass is 16.5. The van der Waals surface area contributed by atoms with Crippen molar-refractivity contribution >= 4 is 23.6 Å². The average Bonchev–Trinajstić information content (AvgIpc) is 2.82. The lowest BCUT2D eigenvalue weighted by atomic mass is 10.0. The second-order valence-electron chi connectivity index (χ2n) is 7.87. The quantitative estimate of drug-likeness (QED) is 0.771. The van der Waals surface area contributed by atoms with Crippen LogP contribution >= 0.6 is 0 Å². The summed E-state index contributed by atoms with van der Waals surface area (Å²) in [5, 5.41) is 0. The molecule has 0 aliphatic carbocycles. The lowest BCUT2D eigenvalue weighted by molar-refractivity contribution is -0.139. The predicted molar refractivity (Wildman–Crippen MR) is 114 cm³/mol. The molecule has 3 heterocycles. The summed E-state index contributed by atoms with van der Waals surface area (Å²) in [4.78, 5) is 30.1. The lowest BCUT2D eigenvalue weighted by Crippen LogP contribution is -2.53. The van der Waals surface area contributed by atoms with Gasteiger partial charge in [0.25, 0.3) is 11.8 Å². The summed E-state index contributed by atoms with van der Waals surface area (Å²) in [5.74, 6) is 1.14. The van der Waals surface area contributed by atoms with Crippen molar-refractivity contribution in [3.05, 3.63) is 59.7 Å². The first-order valence-corrected chi connectivity index (χ1v) is 10.5. The number of rotatable bonds is 2. The summed E-state index contributed by atoms with van der Waals surface area (Å²) >= 11 is 0. The van der Waals surface area contributed by atoms with Gasteiger partial charge in [-0.15, -0.1) is 0 Å². The van der Waals surface area contributed by atoms with Crippen molar-refractivity contribution in [1.29, 1.82) is 0 Å². The van der Waals surface area contributed by atoms with E-state index in [0.29, 0.717) is 17.0 Å². The van der Waals surface area contributed by atoms with Crippen molar-refractivity contribution in [3.63, 3.8) is 0 Å². The predicted octanol–water partition coefficient (Wildman–Crippen LogP) is 3.27. The molecule has 1 unspecified atom stereocenters. The Morgan fingerprint density at radius 1 is 0.900 bits per heavy atom. The van der Waals surface area contributed by atoms with Gasteiger partial charge in [-0.3, -0.25) is 9.59 Å². The molecule has 6 heteroatoms. The number of fused-ring (bicyclic) bond motifs is 2. The zero-order chi connectivity index (χ0) is 20.5. The van der Waals surface area contributed by atoms with Crippen LogP contribution in [0.2, 0.25) is 0 Å². The summed E-state index contributed by atoms with van der Waals surface area (Å²) in [5.41, 5.74) is 2.13. The number of carbonyl (C=O) groups excluding carboxylic acids is 2. The highest BCUT2D eigenvalue weighted by Gasteiger charge is 2.37. The minimum absolute atomic E-state index is 0.0405. The molecule has 2 aromatic carbocycles. The number of hydrogen-bond donors (Lipinski definition) is 0. The minimum Gasteiger partial charge on any atom is -0.488 e. The van der Waals surface area contributed by atoms with E-state index in [2.05, 4.69) is 0 Å². The standard InChI is InChI=1S/C24H24N2O4/c27-23(18-14-17-8-2-4-10-20(17)29-16-18)26-15-22(24(28)25-12-6-1-7-13-25)30-21-11-5-3-9-19(21)26/h2-5,8-11,14,22H,1,6-7,12-13,15-16H2. The van der Waals surface area contributed by atoms with E-state index < -0.39 is 6.10 Å². The van der Waals surface area contributed by atoms with Gasteiger partial charge < -0.3 is 19.3 Å². The molecule has 0 N–H and O–H groups in total. The van der Waals surface area contributed by atoms with Crippen LogP contribution in [0.5, 0.6) is 11.5 Å². The van der Waals surface area contributed by atoms with Gasteiger partial charge >= 0.3 is 0 Å². The molecule has 3 aliphatic heterocycles. The van der Waals surface area contributed by atoms with Crippen molar-refractivity contribution in [2.45, 2.75) is 25.4 Å². The van der Waals surface area contributed by atoms with E-state index in [1.54, 1.807) is 4.90 Å². The van der Waals surface area contributed by atoms with Crippen LogP contribution in [-0.4, -0.2) is 49.1 Å². The molecule has 6 nitrogen and oxygen atoms in total. The molecule has 1 fully saturated rings. The summed E-state index contributed by atoms with van der Waals surface area (Å²) < 4.78 is 11.8. The molecule has 1 saturated heterocycles. The number of hydrogen-bond acceptors (Lipinski definition) is 4. The molecule has 2 amide bonds. The Morgan fingerprint density at radius 2 is 1.63 bits per heavy atom. The van der Waals surface area contributed by atoms with Crippen LogP contribution in [0.15, 0.2) is 54.1 Å². The van der Waals surface area contributed by atoms with E-state index in [9.17, 15) is 9.59 Å². The third-order valence-electron chi connectivity index (χ3n) is 5.87. The average molecular weight is 404 g/mol. The van der Waals surface area contributed by atoms with Crippen molar-refractivity contribution in [2.75, 3.05) is 31.1 Å². The maximum Gasteiger partial charge on any atom is 0.265 e. The zero-order valence-electron chi connectivity index (χ0n) is 16.8. The molecule has 3 aliphatic rings. The molecular weight excluding hydrogens is 380 g/mol. The number of amides is 2. The van der Waals surface area contributed by atoms with E-state index in [0.717, 1.165) is 43.7 Å². The Hall–Kier alpha value is -3.28. The fourth-order valence-corrected chi connectivity index (χ4v) is 4.29. The first kappa shape index (κ1) is 18.7. The van der Waals surface area contributed by atoms with Crippen LogP contribution < -0.4 is 14.4 Å². The number of likely N-dealkylation sites (tertiary alicyclic amines) is 1. The van der Waals surface area contributed by atoms with E-state index in [4.69, 9.17) is 9.47 Å². The minimum atomic E-state index is -0.695. The molecule has 30 heavy (non-hydrogen) atoms. The first-order chi connectivity index (χ1) is 14.7. The van der Waals surface area contributed by atoms with Crippen molar-refractivity contribution < 1.29 is 19.1 Å². The molecule has 0 bridgehead atoms. The summed E-state index contributed by atoms with van der Waals surface area (Å²) in [6, 6.07) is 15.0. The SMILES string of the molecule is O=C(C1CN(C(=O)C2=Cc3ccccc3OC2)c2ccccc2O1)N1CCCCC1. The Labute approximate surface area is 175 Å². The molecule has 154 valence electrons. The summed E-state index contributed by atoms with van der Waals surface area (Å²) in [6.07, 6.45) is 4.36. The Morgan fingerprint density at radius 3 is 2.47 bits per heavy atom. The molecule has 0 spiro atoms. The van der Waals surface area contributed by atoms with Gasteiger partial charge in [0.05, 0.1) is 17.8 Å². The van der Waals surface area contributed by atoms with E-state index in [-0.39, 0.29) is 25.0 Å². The highest BCUT2D eigenvalue weighted by Crippen LogP contribution is 2.36. The van der Waals surface area contributed by atoms with E-state index in [1.165, 1.54) is 0 Å². The number of ether oxygens (including phenoxy) is 2. The second-order valence-corrected chi connectivity index (χ2v) is 7.87. The second kappa shape index (κ2) is 7.86. The number of para-hydroxylation sites is 3. The highest BCUT2D eigenvalue weighted by molar-refractivity contribution is 6.10. The molecule has 1 atom stereocenters. The Bertz CT molecular complexity index is 1010. The zero-order valence-corrected chi connectivity index (χ0v) is 16.8. The van der Waals surface area contributed by atoms with Crippen LogP contribution in [-0.2, 0) is 9.59 Å². The first-order valence-electron chi connectivity index (χ1n) is 10.5. The van der Waals surface area contributed by atoms with Gasteiger partial charge in [0, 0.05) is 18.7 Å². The van der Waals surface area contributed by atoms with Gasteiger partial charge in [0.15, 0.2) is 6.10 Å². The van der Waals surface area contributed by atoms with Crippen molar-refractivity contribution in [3.8, 4) is 11.5 Å². The molecule has 0 saturated carbocycles. The number of carbonyl (C=O) groups is 2. The normalized spacial score (nSPS) is 20.3.